The minimum Gasteiger partial charge on any atom is -0.319 e. The fourth-order valence-corrected chi connectivity index (χ4v) is 1.76. The summed E-state index contributed by atoms with van der Waals surface area (Å²) in [4.78, 5) is 18.0. The lowest BCUT2D eigenvalue weighted by Crippen LogP contribution is -2.40. The van der Waals surface area contributed by atoms with Crippen molar-refractivity contribution < 1.29 is 4.79 Å². The second-order valence-corrected chi connectivity index (χ2v) is 4.52. The van der Waals surface area contributed by atoms with E-state index in [1.165, 1.54) is 0 Å². The topological polar surface area (TPSA) is 45.2 Å². The van der Waals surface area contributed by atoms with E-state index in [0.717, 1.165) is 5.69 Å². The molecule has 0 bridgehead atoms. The van der Waals surface area contributed by atoms with Crippen LogP contribution in [0, 0.1) is 11.8 Å². The van der Waals surface area contributed by atoms with Crippen LogP contribution in [0.4, 0.5) is 5.69 Å². The highest BCUT2D eigenvalue weighted by Gasteiger charge is 2.25. The van der Waals surface area contributed by atoms with Gasteiger partial charge >= 0.3 is 0 Å². The molecule has 4 heteroatoms. The first-order valence-electron chi connectivity index (χ1n) is 5.90. The fraction of sp³-hybridized carbons (Fsp3) is 0.538. The molecule has 1 unspecified atom stereocenters. The molecule has 1 aromatic rings. The highest BCUT2D eigenvalue weighted by Crippen LogP contribution is 2.17. The van der Waals surface area contributed by atoms with E-state index in [2.05, 4.69) is 24.1 Å². The van der Waals surface area contributed by atoms with Crippen molar-refractivity contribution >= 4 is 11.6 Å². The van der Waals surface area contributed by atoms with Crippen molar-refractivity contribution in [2.75, 3.05) is 25.5 Å². The first-order chi connectivity index (χ1) is 8.07. The van der Waals surface area contributed by atoms with Crippen LogP contribution in [0.25, 0.3) is 0 Å². The van der Waals surface area contributed by atoms with Crippen molar-refractivity contribution in [3.05, 3.63) is 24.5 Å². The van der Waals surface area contributed by atoms with Gasteiger partial charge in [0.1, 0.15) is 0 Å². The van der Waals surface area contributed by atoms with E-state index in [1.807, 2.05) is 19.2 Å². The number of nitrogens with one attached hydrogen (secondary N) is 1. The molecule has 1 amide bonds. The predicted molar refractivity (Wildman–Crippen MR) is 69.9 cm³/mol. The molecule has 0 aliphatic carbocycles. The molecule has 0 spiro atoms. The Bertz CT molecular complexity index is 351. The summed E-state index contributed by atoms with van der Waals surface area (Å²) in [5.41, 5.74) is 0.833. The van der Waals surface area contributed by atoms with Gasteiger partial charge in [0.2, 0.25) is 5.91 Å². The van der Waals surface area contributed by atoms with Crippen LogP contribution in [-0.4, -0.2) is 31.5 Å². The van der Waals surface area contributed by atoms with Gasteiger partial charge in [-0.05, 0) is 25.1 Å². The van der Waals surface area contributed by atoms with E-state index in [-0.39, 0.29) is 11.8 Å². The smallest absolute Gasteiger partial charge is 0.231 e. The quantitative estimate of drug-likeness (QED) is 0.842. The number of rotatable bonds is 5. The van der Waals surface area contributed by atoms with Crippen LogP contribution in [0.3, 0.4) is 0 Å². The van der Waals surface area contributed by atoms with Gasteiger partial charge in [-0.1, -0.05) is 13.8 Å². The summed E-state index contributed by atoms with van der Waals surface area (Å²) in [6, 6.07) is 3.73. The van der Waals surface area contributed by atoms with E-state index in [4.69, 9.17) is 0 Å². The van der Waals surface area contributed by atoms with Crippen molar-refractivity contribution in [1.29, 1.82) is 0 Å². The maximum absolute atomic E-state index is 12.3. The fourth-order valence-electron chi connectivity index (χ4n) is 1.76. The molecule has 1 aromatic heterocycles. The standard InChI is InChI=1S/C13H21N3O/c1-10(2)12(9-14-3)13(17)16(4)11-6-5-7-15-8-11/h5-8,10,12,14H,9H2,1-4H3. The first-order valence-corrected chi connectivity index (χ1v) is 5.90. The van der Waals surface area contributed by atoms with Crippen LogP contribution in [0.2, 0.25) is 0 Å². The third-order valence-corrected chi connectivity index (χ3v) is 2.91. The van der Waals surface area contributed by atoms with Gasteiger partial charge in [0.15, 0.2) is 0 Å². The number of carbonyl (C=O) groups excluding carboxylic acids is 1. The number of nitrogens with zero attached hydrogens (tertiary/aromatic N) is 2. The summed E-state index contributed by atoms with van der Waals surface area (Å²) in [5, 5.41) is 3.07. The Morgan fingerprint density at radius 3 is 2.71 bits per heavy atom. The van der Waals surface area contributed by atoms with Gasteiger partial charge in [0, 0.05) is 19.8 Å². The summed E-state index contributed by atoms with van der Waals surface area (Å²) in [6.07, 6.45) is 3.41. The second kappa shape index (κ2) is 6.35. The van der Waals surface area contributed by atoms with Gasteiger partial charge in [0.05, 0.1) is 17.8 Å². The van der Waals surface area contributed by atoms with Crippen molar-refractivity contribution in [2.24, 2.45) is 11.8 Å². The molecule has 1 heterocycles. The number of anilines is 1. The van der Waals surface area contributed by atoms with E-state index in [0.29, 0.717) is 12.5 Å². The Morgan fingerprint density at radius 2 is 2.24 bits per heavy atom. The number of hydrogen-bond acceptors (Lipinski definition) is 3. The van der Waals surface area contributed by atoms with Gasteiger partial charge in [-0.2, -0.15) is 0 Å². The van der Waals surface area contributed by atoms with Crippen molar-refractivity contribution in [1.82, 2.24) is 10.3 Å². The first kappa shape index (κ1) is 13.6. The predicted octanol–water partition coefficient (Wildman–Crippen LogP) is 1.54. The average Bonchev–Trinajstić information content (AvgIpc) is 2.35. The molecule has 4 nitrogen and oxygen atoms in total. The average molecular weight is 235 g/mol. The molecule has 0 fully saturated rings. The molecule has 17 heavy (non-hydrogen) atoms. The molecule has 0 saturated heterocycles. The third-order valence-electron chi connectivity index (χ3n) is 2.91. The lowest BCUT2D eigenvalue weighted by Gasteiger charge is -2.26. The Hall–Kier alpha value is -1.42. The third kappa shape index (κ3) is 3.53. The van der Waals surface area contributed by atoms with Crippen LogP contribution in [-0.2, 0) is 4.79 Å². The van der Waals surface area contributed by atoms with Gasteiger partial charge in [-0.15, -0.1) is 0 Å². The summed E-state index contributed by atoms with van der Waals surface area (Å²) in [5.74, 6) is 0.432. The van der Waals surface area contributed by atoms with E-state index >= 15 is 0 Å². The molecule has 0 aromatic carbocycles. The molecule has 0 aliphatic heterocycles. The summed E-state index contributed by atoms with van der Waals surface area (Å²) in [7, 11) is 3.66. The Labute approximate surface area is 103 Å². The van der Waals surface area contributed by atoms with Crippen LogP contribution < -0.4 is 10.2 Å². The zero-order chi connectivity index (χ0) is 12.8. The Balaban J connectivity index is 2.80. The molecular weight excluding hydrogens is 214 g/mol. The molecule has 94 valence electrons. The maximum Gasteiger partial charge on any atom is 0.231 e. The Morgan fingerprint density at radius 1 is 1.53 bits per heavy atom. The number of aromatic nitrogens is 1. The van der Waals surface area contributed by atoms with Crippen LogP contribution >= 0.6 is 0 Å². The van der Waals surface area contributed by atoms with E-state index < -0.39 is 0 Å². The summed E-state index contributed by atoms with van der Waals surface area (Å²) in [6.45, 7) is 4.83. The monoisotopic (exact) mass is 235 g/mol. The van der Waals surface area contributed by atoms with Crippen LogP contribution in [0.1, 0.15) is 13.8 Å². The SMILES string of the molecule is CNCC(C(=O)N(C)c1cccnc1)C(C)C. The summed E-state index contributed by atoms with van der Waals surface area (Å²) < 4.78 is 0. The van der Waals surface area contributed by atoms with Crippen LogP contribution in [0.5, 0.6) is 0 Å². The molecule has 1 N–H and O–H groups in total. The maximum atomic E-state index is 12.3. The van der Waals surface area contributed by atoms with Gasteiger partial charge in [0.25, 0.3) is 0 Å². The lowest BCUT2D eigenvalue weighted by molar-refractivity contribution is -0.123. The lowest BCUT2D eigenvalue weighted by atomic mass is 9.94. The van der Waals surface area contributed by atoms with E-state index in [9.17, 15) is 4.79 Å². The molecule has 1 atom stereocenters. The minimum atomic E-state index is -0.00907. The normalized spacial score (nSPS) is 12.5. The number of carbonyl (C=O) groups is 1. The molecule has 1 rings (SSSR count). The second-order valence-electron chi connectivity index (χ2n) is 4.52. The van der Waals surface area contributed by atoms with Gasteiger partial charge < -0.3 is 10.2 Å². The van der Waals surface area contributed by atoms with Gasteiger partial charge in [-0.25, -0.2) is 0 Å². The Kier molecular flexibility index (Phi) is 5.10. The van der Waals surface area contributed by atoms with Crippen molar-refractivity contribution in [3.63, 3.8) is 0 Å². The molecular formula is C13H21N3O. The summed E-state index contributed by atoms with van der Waals surface area (Å²) >= 11 is 0. The zero-order valence-corrected chi connectivity index (χ0v) is 11.0. The van der Waals surface area contributed by atoms with Crippen LogP contribution in [0.15, 0.2) is 24.5 Å². The zero-order valence-electron chi connectivity index (χ0n) is 11.0. The van der Waals surface area contributed by atoms with Gasteiger partial charge in [-0.3, -0.25) is 9.78 Å². The molecule has 0 aliphatic rings. The van der Waals surface area contributed by atoms with E-state index in [1.54, 1.807) is 24.3 Å². The number of pyridine rings is 1. The highest BCUT2D eigenvalue weighted by atomic mass is 16.2. The highest BCUT2D eigenvalue weighted by molar-refractivity contribution is 5.94. The minimum absolute atomic E-state index is 0.00907. The number of hydrogen-bond donors (Lipinski definition) is 1. The van der Waals surface area contributed by atoms with Crippen molar-refractivity contribution in [3.8, 4) is 0 Å². The van der Waals surface area contributed by atoms with Crippen molar-refractivity contribution in [2.45, 2.75) is 13.8 Å². The number of amides is 1. The largest absolute Gasteiger partial charge is 0.319 e. The molecule has 0 radical (unpaired) electrons. The molecule has 0 saturated carbocycles.